The monoisotopic (exact) mass is 378 g/mol. The highest BCUT2D eigenvalue weighted by Gasteiger charge is 2.28. The first-order valence-corrected chi connectivity index (χ1v) is 9.36. The maximum absolute atomic E-state index is 12.0. The highest BCUT2D eigenvalue weighted by atomic mass is 79.9. The van der Waals surface area contributed by atoms with Crippen molar-refractivity contribution >= 4 is 31.9 Å². The largest absolute Gasteiger partial charge is 0.457 e. The minimum absolute atomic E-state index is 0.00706. The van der Waals surface area contributed by atoms with E-state index in [-0.39, 0.29) is 17.7 Å². The van der Waals surface area contributed by atoms with Gasteiger partial charge in [-0.1, -0.05) is 6.92 Å². The fourth-order valence-electron chi connectivity index (χ4n) is 2.38. The van der Waals surface area contributed by atoms with E-state index in [1.165, 1.54) is 10.6 Å². The molecule has 1 aliphatic rings. The van der Waals surface area contributed by atoms with Crippen molar-refractivity contribution < 1.29 is 17.6 Å². The average Bonchev–Trinajstić information content (AvgIpc) is 2.85. The number of halogens is 1. The summed E-state index contributed by atoms with van der Waals surface area (Å²) >= 11 is 3.17. The van der Waals surface area contributed by atoms with Gasteiger partial charge in [0.15, 0.2) is 4.67 Å². The van der Waals surface area contributed by atoms with Crippen molar-refractivity contribution in [3.05, 3.63) is 22.6 Å². The van der Waals surface area contributed by atoms with Crippen LogP contribution in [0.25, 0.3) is 0 Å². The molecule has 0 radical (unpaired) electrons. The molecule has 1 aliphatic heterocycles. The predicted molar refractivity (Wildman–Crippen MR) is 82.5 cm³/mol. The lowest BCUT2D eigenvalue weighted by Gasteiger charge is -2.31. The third kappa shape index (κ3) is 4.08. The molecule has 0 aliphatic carbocycles. The Morgan fingerprint density at radius 3 is 2.67 bits per heavy atom. The van der Waals surface area contributed by atoms with Crippen LogP contribution in [-0.2, 0) is 10.0 Å². The Kier molecular flexibility index (Phi) is 5.45. The molecular weight excluding hydrogens is 360 g/mol. The summed E-state index contributed by atoms with van der Waals surface area (Å²) in [5.41, 5.74) is 0.455. The molecule has 21 heavy (non-hydrogen) atoms. The summed E-state index contributed by atoms with van der Waals surface area (Å²) in [5.74, 6) is -0.0167. The van der Waals surface area contributed by atoms with Crippen LogP contribution in [0.2, 0.25) is 0 Å². The number of rotatable bonds is 5. The van der Waals surface area contributed by atoms with Gasteiger partial charge in [-0.05, 0) is 41.3 Å². The van der Waals surface area contributed by atoms with Crippen LogP contribution in [0.5, 0.6) is 0 Å². The number of carbonyl (C=O) groups excluding carboxylic acids is 1. The van der Waals surface area contributed by atoms with E-state index in [2.05, 4.69) is 21.2 Å². The van der Waals surface area contributed by atoms with E-state index in [1.807, 2.05) is 6.92 Å². The van der Waals surface area contributed by atoms with Gasteiger partial charge in [0, 0.05) is 19.1 Å². The van der Waals surface area contributed by atoms with Gasteiger partial charge in [-0.3, -0.25) is 4.79 Å². The Labute approximate surface area is 133 Å². The van der Waals surface area contributed by atoms with E-state index < -0.39 is 10.0 Å². The second-order valence-electron chi connectivity index (χ2n) is 5.07. The molecule has 0 spiro atoms. The molecule has 1 fully saturated rings. The molecule has 2 rings (SSSR count). The van der Waals surface area contributed by atoms with Crippen LogP contribution in [0.4, 0.5) is 0 Å². The fourth-order valence-corrected chi connectivity index (χ4v) is 4.35. The molecule has 0 unspecified atom stereocenters. The zero-order valence-corrected chi connectivity index (χ0v) is 14.2. The zero-order valence-electron chi connectivity index (χ0n) is 11.8. The molecule has 1 amide bonds. The second kappa shape index (κ2) is 6.93. The van der Waals surface area contributed by atoms with E-state index in [9.17, 15) is 13.2 Å². The van der Waals surface area contributed by atoms with E-state index in [4.69, 9.17) is 4.42 Å². The zero-order chi connectivity index (χ0) is 15.5. The van der Waals surface area contributed by atoms with Crippen molar-refractivity contribution in [3.63, 3.8) is 0 Å². The van der Waals surface area contributed by atoms with E-state index in [0.29, 0.717) is 42.6 Å². The van der Waals surface area contributed by atoms with E-state index in [1.54, 1.807) is 6.07 Å². The van der Waals surface area contributed by atoms with Gasteiger partial charge in [0.2, 0.25) is 10.0 Å². The van der Waals surface area contributed by atoms with E-state index >= 15 is 0 Å². The number of amides is 1. The quantitative estimate of drug-likeness (QED) is 0.849. The van der Waals surface area contributed by atoms with Gasteiger partial charge < -0.3 is 9.73 Å². The number of carbonyl (C=O) groups is 1. The molecule has 0 bridgehead atoms. The molecule has 2 heterocycles. The van der Waals surface area contributed by atoms with Gasteiger partial charge in [-0.25, -0.2) is 12.7 Å². The van der Waals surface area contributed by atoms with Crippen molar-refractivity contribution in [1.29, 1.82) is 0 Å². The number of hydrogen-bond donors (Lipinski definition) is 1. The minimum atomic E-state index is -3.14. The van der Waals surface area contributed by atoms with Crippen molar-refractivity contribution in [1.82, 2.24) is 9.62 Å². The normalized spacial score (nSPS) is 17.8. The second-order valence-corrected chi connectivity index (χ2v) is 7.88. The predicted octanol–water partition coefficient (Wildman–Crippen LogP) is 1.98. The van der Waals surface area contributed by atoms with Crippen LogP contribution in [0.1, 0.15) is 36.5 Å². The van der Waals surface area contributed by atoms with Crippen molar-refractivity contribution in [2.45, 2.75) is 32.2 Å². The summed E-state index contributed by atoms with van der Waals surface area (Å²) < 4.78 is 30.9. The number of nitrogens with zero attached hydrogens (tertiary/aromatic N) is 1. The molecule has 0 atom stereocenters. The Bertz CT molecular complexity index is 591. The molecule has 118 valence electrons. The summed E-state index contributed by atoms with van der Waals surface area (Å²) in [7, 11) is -3.14. The van der Waals surface area contributed by atoms with Crippen molar-refractivity contribution in [2.75, 3.05) is 18.8 Å². The molecule has 1 saturated heterocycles. The Hall–Kier alpha value is -0.860. The first-order valence-electron chi connectivity index (χ1n) is 6.95. The van der Waals surface area contributed by atoms with Crippen LogP contribution < -0.4 is 5.32 Å². The molecule has 0 aromatic carbocycles. The maximum atomic E-state index is 12.0. The molecule has 1 aromatic rings. The van der Waals surface area contributed by atoms with Crippen LogP contribution in [0, 0.1) is 0 Å². The highest BCUT2D eigenvalue weighted by Crippen LogP contribution is 2.19. The lowest BCUT2D eigenvalue weighted by atomic mass is 10.1. The van der Waals surface area contributed by atoms with Crippen LogP contribution in [-0.4, -0.2) is 43.5 Å². The topological polar surface area (TPSA) is 79.6 Å². The Morgan fingerprint density at radius 1 is 1.48 bits per heavy atom. The summed E-state index contributed by atoms with van der Waals surface area (Å²) in [6.07, 6.45) is 3.32. The number of nitrogens with one attached hydrogen (secondary N) is 1. The van der Waals surface area contributed by atoms with E-state index in [0.717, 1.165) is 0 Å². The number of sulfonamides is 1. The Balaban J connectivity index is 1.87. The SMILES string of the molecule is CCCS(=O)(=O)N1CCC(NC(=O)c2ccoc2Br)CC1. The smallest absolute Gasteiger partial charge is 0.255 e. The van der Waals surface area contributed by atoms with Crippen LogP contribution in [0.15, 0.2) is 21.4 Å². The summed E-state index contributed by atoms with van der Waals surface area (Å²) in [5, 5.41) is 2.92. The molecule has 1 aromatic heterocycles. The highest BCUT2D eigenvalue weighted by molar-refractivity contribution is 9.10. The summed E-state index contributed by atoms with van der Waals surface area (Å²) in [6.45, 7) is 2.77. The lowest BCUT2D eigenvalue weighted by molar-refractivity contribution is 0.0922. The van der Waals surface area contributed by atoms with Crippen LogP contribution >= 0.6 is 15.9 Å². The molecule has 0 saturated carbocycles. The van der Waals surface area contributed by atoms with Crippen LogP contribution in [0.3, 0.4) is 0 Å². The number of hydrogen-bond acceptors (Lipinski definition) is 4. The first kappa shape index (κ1) is 16.5. The van der Waals surface area contributed by atoms with Gasteiger partial charge in [-0.2, -0.15) is 0 Å². The Morgan fingerprint density at radius 2 is 2.14 bits per heavy atom. The molecular formula is C13H19BrN2O4S. The average molecular weight is 379 g/mol. The number of piperidine rings is 1. The fraction of sp³-hybridized carbons (Fsp3) is 0.615. The van der Waals surface area contributed by atoms with Gasteiger partial charge >= 0.3 is 0 Å². The number of furan rings is 1. The minimum Gasteiger partial charge on any atom is -0.457 e. The van der Waals surface area contributed by atoms with Gasteiger partial charge in [0.1, 0.15) is 0 Å². The molecule has 8 heteroatoms. The standard InChI is InChI=1S/C13H19BrN2O4S/c1-2-9-21(18,19)16-6-3-10(4-7-16)15-13(17)11-5-8-20-12(11)14/h5,8,10H,2-4,6-7,9H2,1H3,(H,15,17). The molecule has 6 nitrogen and oxygen atoms in total. The third-order valence-electron chi connectivity index (χ3n) is 3.51. The first-order chi connectivity index (χ1) is 9.94. The summed E-state index contributed by atoms with van der Waals surface area (Å²) in [4.78, 5) is 12.0. The van der Waals surface area contributed by atoms with Crippen molar-refractivity contribution in [3.8, 4) is 0 Å². The van der Waals surface area contributed by atoms with Crippen molar-refractivity contribution in [2.24, 2.45) is 0 Å². The summed E-state index contributed by atoms with van der Waals surface area (Å²) in [6, 6.07) is 1.59. The third-order valence-corrected chi connectivity index (χ3v) is 6.20. The molecule has 1 N–H and O–H groups in total. The van der Waals surface area contributed by atoms with Gasteiger partial charge in [-0.15, -0.1) is 0 Å². The maximum Gasteiger partial charge on any atom is 0.255 e. The van der Waals surface area contributed by atoms with Gasteiger partial charge in [0.05, 0.1) is 17.6 Å². The lowest BCUT2D eigenvalue weighted by Crippen LogP contribution is -2.47. The van der Waals surface area contributed by atoms with Gasteiger partial charge in [0.25, 0.3) is 5.91 Å².